The molecule has 1 heterocycles. The van der Waals surface area contributed by atoms with Crippen molar-refractivity contribution >= 4 is 23.7 Å². The van der Waals surface area contributed by atoms with Gasteiger partial charge in [-0.25, -0.2) is 9.80 Å². The van der Waals surface area contributed by atoms with Crippen LogP contribution < -0.4 is 16.1 Å². The molecule has 0 saturated heterocycles. The lowest BCUT2D eigenvalue weighted by Crippen LogP contribution is -2.58. The summed E-state index contributed by atoms with van der Waals surface area (Å²) < 4.78 is 4.87. The van der Waals surface area contributed by atoms with E-state index < -0.39 is 23.5 Å². The van der Waals surface area contributed by atoms with Crippen LogP contribution in [0.1, 0.15) is 52.2 Å². The summed E-state index contributed by atoms with van der Waals surface area (Å²) in [5.74, 6) is -0.225. The van der Waals surface area contributed by atoms with Crippen LogP contribution in [0.15, 0.2) is 113 Å². The number of hydrazine groups is 1. The lowest BCUT2D eigenvalue weighted by atomic mass is 9.67. The van der Waals surface area contributed by atoms with Crippen molar-refractivity contribution in [3.05, 3.63) is 143 Å². The molecule has 0 fully saturated rings. The highest BCUT2D eigenvalue weighted by Gasteiger charge is 2.55. The Morgan fingerprint density at radius 3 is 2.32 bits per heavy atom. The molecule has 0 spiro atoms. The van der Waals surface area contributed by atoms with E-state index >= 15 is 0 Å². The Morgan fingerprint density at radius 2 is 1.68 bits per heavy atom. The molecule has 0 saturated carbocycles. The second-order valence-corrected chi connectivity index (χ2v) is 17.0. The number of carbonyl (C=O) groups is 4. The number of ketones is 1. The number of aromatic nitrogens is 1. The molecule has 3 aromatic rings. The monoisotopic (exact) mass is 752 g/mol. The number of nitrogens with zero attached hydrogens (tertiary/aromatic N) is 2. The van der Waals surface area contributed by atoms with Gasteiger partial charge in [-0.2, -0.15) is 0 Å². The Labute approximate surface area is 329 Å². The van der Waals surface area contributed by atoms with E-state index in [2.05, 4.69) is 34.9 Å². The predicted molar refractivity (Wildman–Crippen MR) is 215 cm³/mol. The minimum absolute atomic E-state index is 0.108. The number of Topliss-reactive ketones (excluding diaryl/α,β-unsaturated/α-hetero) is 1. The van der Waals surface area contributed by atoms with Gasteiger partial charge < -0.3 is 15.4 Å². The van der Waals surface area contributed by atoms with Crippen molar-refractivity contribution in [1.29, 1.82) is 0 Å². The Morgan fingerprint density at radius 1 is 0.964 bits per heavy atom. The Balaban J connectivity index is 1.15. The van der Waals surface area contributed by atoms with Crippen molar-refractivity contribution in [2.45, 2.75) is 66.1 Å². The van der Waals surface area contributed by atoms with Crippen LogP contribution in [-0.4, -0.2) is 59.4 Å². The highest BCUT2D eigenvalue weighted by Crippen LogP contribution is 2.58. The van der Waals surface area contributed by atoms with Crippen molar-refractivity contribution in [3.63, 3.8) is 0 Å². The highest BCUT2D eigenvalue weighted by molar-refractivity contribution is 6.13. The number of hydrogen-bond acceptors (Lipinski definition) is 7. The van der Waals surface area contributed by atoms with Crippen LogP contribution in [0.2, 0.25) is 0 Å². The molecule has 4 atom stereocenters. The SMILES string of the molecule is COC(=O)NC(C(=O)NN(Cc1ccc(-c2ccccn2)cc1)CC(C1=C[CH]1)C(Cc1ccccc1)NC(=O)C1=C[C]1C1C(=O)C2=C([CH]2)CC1(C)C)C(C)(C)C. The molecule has 10 nitrogen and oxygen atoms in total. The maximum absolute atomic E-state index is 14.1. The van der Waals surface area contributed by atoms with Gasteiger partial charge in [-0.3, -0.25) is 24.8 Å². The minimum atomic E-state index is -0.906. The lowest BCUT2D eigenvalue weighted by molar-refractivity contribution is -0.131. The zero-order chi connectivity index (χ0) is 39.8. The average Bonchev–Trinajstić information content (AvgIpc) is 4.03. The van der Waals surface area contributed by atoms with Gasteiger partial charge in [0.25, 0.3) is 5.91 Å². The summed E-state index contributed by atoms with van der Waals surface area (Å²) in [5, 5.41) is 7.96. The lowest BCUT2D eigenvalue weighted by Gasteiger charge is -2.36. The summed E-state index contributed by atoms with van der Waals surface area (Å²) in [6.45, 7) is 10.5. The van der Waals surface area contributed by atoms with Gasteiger partial charge in [-0.15, -0.1) is 0 Å². The van der Waals surface area contributed by atoms with Gasteiger partial charge >= 0.3 is 6.09 Å². The Hall–Kier alpha value is -5.35. The first-order valence-corrected chi connectivity index (χ1v) is 19.2. The zero-order valence-corrected chi connectivity index (χ0v) is 32.9. The number of methoxy groups -OCH3 is 1. The first kappa shape index (κ1) is 38.9. The second kappa shape index (κ2) is 15.7. The third kappa shape index (κ3) is 9.02. The molecular weight excluding hydrogens is 703 g/mol. The number of amides is 3. The van der Waals surface area contributed by atoms with E-state index in [0.29, 0.717) is 25.1 Å². The van der Waals surface area contributed by atoms with Gasteiger partial charge in [0, 0.05) is 72.6 Å². The first-order valence-electron chi connectivity index (χ1n) is 19.2. The number of alkyl carbamates (subject to hydrolysis) is 1. The number of nitrogens with one attached hydrogen (secondary N) is 3. The molecule has 56 heavy (non-hydrogen) atoms. The molecule has 289 valence electrons. The van der Waals surface area contributed by atoms with Crippen LogP contribution in [0, 0.1) is 41.4 Å². The molecule has 3 N–H and O–H groups in total. The summed E-state index contributed by atoms with van der Waals surface area (Å²) in [6.07, 6.45) is 10.4. The largest absolute Gasteiger partial charge is 0.453 e. The number of pyridine rings is 1. The molecule has 0 aliphatic heterocycles. The van der Waals surface area contributed by atoms with Crippen molar-refractivity contribution in [2.75, 3.05) is 13.7 Å². The summed E-state index contributed by atoms with van der Waals surface area (Å²) >= 11 is 0. The number of rotatable bonds is 15. The van der Waals surface area contributed by atoms with Crippen molar-refractivity contribution in [1.82, 2.24) is 26.1 Å². The molecule has 3 radical (unpaired) electrons. The number of benzene rings is 2. The molecule has 0 bridgehead atoms. The number of hydrogen-bond donors (Lipinski definition) is 3. The van der Waals surface area contributed by atoms with E-state index in [9.17, 15) is 19.2 Å². The van der Waals surface area contributed by atoms with Crippen LogP contribution >= 0.6 is 0 Å². The first-order chi connectivity index (χ1) is 26.7. The van der Waals surface area contributed by atoms with E-state index in [4.69, 9.17) is 4.74 Å². The highest BCUT2D eigenvalue weighted by atomic mass is 16.5. The topological polar surface area (TPSA) is 130 Å². The van der Waals surface area contributed by atoms with Crippen LogP contribution in [0.4, 0.5) is 4.79 Å². The molecule has 7 rings (SSSR count). The Kier molecular flexibility index (Phi) is 10.9. The third-order valence-electron chi connectivity index (χ3n) is 11.1. The fourth-order valence-electron chi connectivity index (χ4n) is 7.90. The standard InChI is InChI=1S/C46H50N5O5/c1-45(2,3)41(49-44(55)56-6)43(54)50-51(26-29-15-17-31(18-16-29)37-14-10-11-21-47-37)27-36(30-19-20-30)38(22-28-12-8-7-9-13-28)48-42(53)35-24-34(35)39-40(52)33-23-32(33)25-46(39,4)5/h7-21,23-24,36,38-39,41H,22,25-27H2,1-6H3,(H,48,53)(H,49,55)(H,50,54). The molecule has 10 heteroatoms. The van der Waals surface area contributed by atoms with Gasteiger partial charge in [-0.1, -0.05) is 119 Å². The number of ether oxygens (including phenoxy) is 1. The van der Waals surface area contributed by atoms with Crippen LogP contribution in [-0.2, 0) is 32.1 Å². The van der Waals surface area contributed by atoms with Gasteiger partial charge in [0.05, 0.1) is 12.8 Å². The van der Waals surface area contributed by atoms with E-state index in [1.807, 2.05) is 124 Å². The second-order valence-electron chi connectivity index (χ2n) is 17.0. The summed E-state index contributed by atoms with van der Waals surface area (Å²) in [7, 11) is 1.27. The van der Waals surface area contributed by atoms with Crippen molar-refractivity contribution in [2.24, 2.45) is 22.7 Å². The zero-order valence-electron chi connectivity index (χ0n) is 32.9. The van der Waals surface area contributed by atoms with Crippen LogP contribution in [0.3, 0.4) is 0 Å². The van der Waals surface area contributed by atoms with E-state index in [-0.39, 0.29) is 35.0 Å². The van der Waals surface area contributed by atoms with E-state index in [1.165, 1.54) is 7.11 Å². The molecule has 4 aliphatic rings. The fraction of sp³-hybridized carbons (Fsp3) is 0.348. The van der Waals surface area contributed by atoms with Crippen molar-refractivity contribution in [3.8, 4) is 11.3 Å². The number of carbonyl (C=O) groups excluding carboxylic acids is 4. The van der Waals surface area contributed by atoms with Crippen molar-refractivity contribution < 1.29 is 23.9 Å². The maximum atomic E-state index is 14.1. The van der Waals surface area contributed by atoms with Gasteiger partial charge in [0.1, 0.15) is 6.04 Å². The predicted octanol–water partition coefficient (Wildman–Crippen LogP) is 6.48. The molecular formula is C46H50N5O5. The normalized spacial score (nSPS) is 19.8. The van der Waals surface area contributed by atoms with E-state index in [1.54, 1.807) is 6.20 Å². The summed E-state index contributed by atoms with van der Waals surface area (Å²) in [4.78, 5) is 58.5. The minimum Gasteiger partial charge on any atom is -0.453 e. The van der Waals surface area contributed by atoms with Gasteiger partial charge in [-0.05, 0) is 46.9 Å². The molecule has 4 aliphatic carbocycles. The van der Waals surface area contributed by atoms with Gasteiger partial charge in [0.15, 0.2) is 5.78 Å². The summed E-state index contributed by atoms with van der Waals surface area (Å²) in [5.41, 5.74) is 9.66. The molecule has 4 unspecified atom stereocenters. The van der Waals surface area contributed by atoms with Crippen LogP contribution in [0.25, 0.3) is 11.3 Å². The quantitative estimate of drug-likeness (QED) is 0.152. The smallest absolute Gasteiger partial charge is 0.407 e. The van der Waals surface area contributed by atoms with Gasteiger partial charge in [0.2, 0.25) is 5.91 Å². The summed E-state index contributed by atoms with van der Waals surface area (Å²) in [6, 6.07) is 22.6. The number of allylic oxidation sites excluding steroid dienone is 4. The maximum Gasteiger partial charge on any atom is 0.407 e. The fourth-order valence-corrected chi connectivity index (χ4v) is 7.90. The molecule has 3 amide bonds. The third-order valence-corrected chi connectivity index (χ3v) is 11.1. The van der Waals surface area contributed by atoms with E-state index in [0.717, 1.165) is 51.4 Å². The van der Waals surface area contributed by atoms with Crippen LogP contribution in [0.5, 0.6) is 0 Å². The molecule has 2 aromatic carbocycles. The Bertz CT molecular complexity index is 2080. The average molecular weight is 753 g/mol. The molecule has 1 aromatic heterocycles.